The number of para-hydroxylation sites is 1. The highest BCUT2D eigenvalue weighted by Gasteiger charge is 2.53. The highest BCUT2D eigenvalue weighted by Crippen LogP contribution is 2.66. The second-order valence-corrected chi connectivity index (χ2v) is 16.3. The molecule has 2 aliphatic rings. The van der Waals surface area contributed by atoms with Crippen LogP contribution in [0.5, 0.6) is 0 Å². The molecule has 2 nitrogen and oxygen atoms in total. The Labute approximate surface area is 339 Å². The van der Waals surface area contributed by atoms with Crippen LogP contribution in [0.3, 0.4) is 0 Å². The van der Waals surface area contributed by atoms with Crippen LogP contribution >= 0.6 is 0 Å². The van der Waals surface area contributed by atoms with Crippen LogP contribution in [0, 0.1) is 0 Å². The van der Waals surface area contributed by atoms with Crippen molar-refractivity contribution in [1.82, 2.24) is 0 Å². The van der Waals surface area contributed by atoms with Crippen LogP contribution in [-0.2, 0) is 5.41 Å². The predicted molar refractivity (Wildman–Crippen MR) is 243 cm³/mol. The maximum Gasteiger partial charge on any atom is 0.136 e. The highest BCUT2D eigenvalue weighted by molar-refractivity contribution is 6.17. The quantitative estimate of drug-likeness (QED) is 0.176. The van der Waals surface area contributed by atoms with Crippen LogP contribution < -0.4 is 0 Å². The summed E-state index contributed by atoms with van der Waals surface area (Å²) in [7, 11) is 0. The van der Waals surface area contributed by atoms with Gasteiger partial charge in [0, 0.05) is 21.5 Å². The average molecular weight is 749 g/mol. The Balaban J connectivity index is 1.12. The van der Waals surface area contributed by atoms with Crippen LogP contribution in [0.2, 0.25) is 0 Å². The third kappa shape index (κ3) is 4.00. The minimum absolute atomic E-state index is 0.580. The van der Waals surface area contributed by atoms with Gasteiger partial charge < -0.3 is 8.83 Å². The van der Waals surface area contributed by atoms with E-state index in [9.17, 15) is 0 Å². The van der Waals surface area contributed by atoms with Gasteiger partial charge in [-0.05, 0) is 137 Å². The minimum atomic E-state index is -0.580. The molecule has 59 heavy (non-hydrogen) atoms. The summed E-state index contributed by atoms with van der Waals surface area (Å²) in [5.74, 6) is 0. The van der Waals surface area contributed by atoms with E-state index in [0.29, 0.717) is 0 Å². The molecule has 0 bridgehead atoms. The molecule has 1 spiro atoms. The standard InChI is InChI=1S/C57H32O2/c1-2-13-34-32-53-46(28-33(34)12-1)54-38(19-11-23-52(54)59-53)37-24-26-43-49(31-37)57(47-20-8-5-16-40(47)41-17-6-9-21-48(41)57)56-44(29-35-14-3-4-15-39(35)55(43)56)36-25-27-51-45(30-36)42-18-7-10-22-50(42)58-51/h1-32H. The SMILES string of the molecule is c1ccc2c(c1)-c1ccccc1C21c2cc(-c3cccc4oc5cc6ccccc6cc5c34)ccc2-c2c1c(-c1ccc3oc4ccccc4c3c1)cc1ccccc21. The fourth-order valence-corrected chi connectivity index (χ4v) is 11.1. The van der Waals surface area contributed by atoms with Crippen molar-refractivity contribution in [3.05, 3.63) is 216 Å². The maximum absolute atomic E-state index is 6.61. The van der Waals surface area contributed by atoms with Gasteiger partial charge in [-0.15, -0.1) is 0 Å². The molecule has 10 aromatic carbocycles. The van der Waals surface area contributed by atoms with Gasteiger partial charge in [0.1, 0.15) is 22.3 Å². The molecule has 0 amide bonds. The van der Waals surface area contributed by atoms with Crippen molar-refractivity contribution in [3.8, 4) is 44.5 Å². The van der Waals surface area contributed by atoms with E-state index in [0.717, 1.165) is 43.9 Å². The highest BCUT2D eigenvalue weighted by atomic mass is 16.3. The summed E-state index contributed by atoms with van der Waals surface area (Å²) in [6, 6.07) is 71.6. The molecule has 12 aromatic rings. The van der Waals surface area contributed by atoms with Gasteiger partial charge in [0.05, 0.1) is 5.41 Å². The van der Waals surface area contributed by atoms with E-state index < -0.39 is 5.41 Å². The monoisotopic (exact) mass is 748 g/mol. The zero-order valence-electron chi connectivity index (χ0n) is 31.8. The molecule has 2 aromatic heterocycles. The van der Waals surface area contributed by atoms with Gasteiger partial charge in [-0.2, -0.15) is 0 Å². The van der Waals surface area contributed by atoms with Gasteiger partial charge >= 0.3 is 0 Å². The Morgan fingerprint density at radius 2 is 0.915 bits per heavy atom. The van der Waals surface area contributed by atoms with Gasteiger partial charge in [-0.1, -0.05) is 146 Å². The molecular formula is C57H32O2. The Kier molecular flexibility index (Phi) is 5.99. The molecule has 0 unspecified atom stereocenters. The van der Waals surface area contributed by atoms with Crippen molar-refractivity contribution in [3.63, 3.8) is 0 Å². The summed E-state index contributed by atoms with van der Waals surface area (Å²) in [6.45, 7) is 0. The van der Waals surface area contributed by atoms with Gasteiger partial charge in [0.2, 0.25) is 0 Å². The summed E-state index contributed by atoms with van der Waals surface area (Å²) in [6.07, 6.45) is 0. The molecule has 2 heteroatoms. The second-order valence-electron chi connectivity index (χ2n) is 16.3. The smallest absolute Gasteiger partial charge is 0.136 e. The van der Waals surface area contributed by atoms with E-state index in [1.165, 1.54) is 88.3 Å². The van der Waals surface area contributed by atoms with Crippen LogP contribution in [0.25, 0.3) is 110 Å². The number of furan rings is 2. The first-order valence-electron chi connectivity index (χ1n) is 20.4. The Morgan fingerprint density at radius 3 is 1.75 bits per heavy atom. The lowest BCUT2D eigenvalue weighted by Crippen LogP contribution is -2.26. The lowest BCUT2D eigenvalue weighted by molar-refractivity contribution is 0.669. The van der Waals surface area contributed by atoms with E-state index in [1.54, 1.807) is 0 Å². The maximum atomic E-state index is 6.61. The lowest BCUT2D eigenvalue weighted by atomic mass is 9.68. The largest absolute Gasteiger partial charge is 0.456 e. The summed E-state index contributed by atoms with van der Waals surface area (Å²) < 4.78 is 13.0. The molecular weight excluding hydrogens is 717 g/mol. The van der Waals surface area contributed by atoms with Crippen LogP contribution in [0.1, 0.15) is 22.3 Å². The molecule has 2 heterocycles. The fraction of sp³-hybridized carbons (Fsp3) is 0.0175. The van der Waals surface area contributed by atoms with E-state index in [2.05, 4.69) is 188 Å². The van der Waals surface area contributed by atoms with Crippen LogP contribution in [-0.4, -0.2) is 0 Å². The van der Waals surface area contributed by atoms with E-state index in [1.807, 2.05) is 6.07 Å². The van der Waals surface area contributed by atoms with E-state index >= 15 is 0 Å². The van der Waals surface area contributed by atoms with E-state index in [-0.39, 0.29) is 0 Å². The number of benzene rings is 10. The summed E-state index contributed by atoms with van der Waals surface area (Å²) in [5, 5.41) is 9.44. The Hall–Kier alpha value is -7.68. The number of hydrogen-bond donors (Lipinski definition) is 0. The van der Waals surface area contributed by atoms with Crippen molar-refractivity contribution in [2.24, 2.45) is 0 Å². The number of rotatable bonds is 2. The molecule has 0 atom stereocenters. The molecule has 0 N–H and O–H groups in total. The van der Waals surface area contributed by atoms with Gasteiger partial charge in [-0.3, -0.25) is 0 Å². The fourth-order valence-electron chi connectivity index (χ4n) is 11.1. The molecule has 2 aliphatic carbocycles. The normalized spacial score (nSPS) is 13.6. The third-order valence-electron chi connectivity index (χ3n) is 13.4. The number of hydrogen-bond acceptors (Lipinski definition) is 2. The Bertz CT molecular complexity index is 3750. The first kappa shape index (κ1) is 31.4. The van der Waals surface area contributed by atoms with Crippen LogP contribution in [0.15, 0.2) is 203 Å². The molecule has 272 valence electrons. The summed E-state index contributed by atoms with van der Waals surface area (Å²) in [5.41, 5.74) is 18.3. The summed E-state index contributed by atoms with van der Waals surface area (Å²) >= 11 is 0. The summed E-state index contributed by atoms with van der Waals surface area (Å²) in [4.78, 5) is 0. The molecule has 0 saturated carbocycles. The van der Waals surface area contributed by atoms with Crippen molar-refractivity contribution in [1.29, 1.82) is 0 Å². The molecule has 14 rings (SSSR count). The average Bonchev–Trinajstić information content (AvgIpc) is 4.02. The minimum Gasteiger partial charge on any atom is -0.456 e. The first-order chi connectivity index (χ1) is 29.2. The van der Waals surface area contributed by atoms with Crippen molar-refractivity contribution in [2.75, 3.05) is 0 Å². The second kappa shape index (κ2) is 11.2. The third-order valence-corrected chi connectivity index (χ3v) is 13.4. The van der Waals surface area contributed by atoms with Gasteiger partial charge in [0.15, 0.2) is 0 Å². The lowest BCUT2D eigenvalue weighted by Gasteiger charge is -2.33. The number of fused-ring (bicyclic) bond motifs is 19. The predicted octanol–water partition coefficient (Wildman–Crippen LogP) is 15.5. The molecule has 0 aliphatic heterocycles. The van der Waals surface area contributed by atoms with Crippen molar-refractivity contribution < 1.29 is 8.83 Å². The van der Waals surface area contributed by atoms with Crippen molar-refractivity contribution >= 4 is 65.4 Å². The Morgan fingerprint density at radius 1 is 0.305 bits per heavy atom. The van der Waals surface area contributed by atoms with Gasteiger partial charge in [-0.25, -0.2) is 0 Å². The molecule has 0 fully saturated rings. The first-order valence-corrected chi connectivity index (χ1v) is 20.4. The zero-order valence-corrected chi connectivity index (χ0v) is 31.8. The van der Waals surface area contributed by atoms with Crippen LogP contribution in [0.4, 0.5) is 0 Å². The van der Waals surface area contributed by atoms with Crippen molar-refractivity contribution in [2.45, 2.75) is 5.41 Å². The van der Waals surface area contributed by atoms with E-state index in [4.69, 9.17) is 8.83 Å². The zero-order chi connectivity index (χ0) is 38.4. The topological polar surface area (TPSA) is 26.3 Å². The molecule has 0 radical (unpaired) electrons. The molecule has 0 saturated heterocycles. The van der Waals surface area contributed by atoms with Gasteiger partial charge in [0.25, 0.3) is 0 Å².